The Labute approximate surface area is 252 Å². The topological polar surface area (TPSA) is 59.6 Å². The molecule has 6 aliphatic rings. The summed E-state index contributed by atoms with van der Waals surface area (Å²) in [6.07, 6.45) is 6.40. The molecule has 3 atom stereocenters. The lowest BCUT2D eigenvalue weighted by atomic mass is 9.91. The smallest absolute Gasteiger partial charge is 0.366 e. The van der Waals surface area contributed by atoms with E-state index in [1.54, 1.807) is 4.90 Å². The number of aromatic nitrogens is 2. The number of nitrogens with one attached hydrogen (secondary N) is 2. The Morgan fingerprint density at radius 2 is 1.33 bits per heavy atom. The standard InChI is InChI=1S/C15H19F3N4.C9H10ClN3.C7H14/c16-15(17,18)10-2-1-6-22(8-10)13-4-3-12-14(20-13)19-11-5-7-21(12)9-11;10-8-2-1-7-9(12-8)11-6-3-4-13(7)5-6;1-7-5-3-2-4-6-7/h3-4,10-11H,1-2,5-9H2,(H,19,20);1-2,6H,3-5H2,(H,11,12);7H,2-6H2,1H3/t10?,11-;6-;/m00./s1. The number of rotatable bonds is 1. The predicted molar refractivity (Wildman–Crippen MR) is 165 cm³/mol. The Morgan fingerprint density at radius 1 is 0.714 bits per heavy atom. The van der Waals surface area contributed by atoms with E-state index in [4.69, 9.17) is 11.6 Å². The summed E-state index contributed by atoms with van der Waals surface area (Å²) < 4.78 is 38.8. The van der Waals surface area contributed by atoms with Crippen LogP contribution in [0, 0.1) is 11.8 Å². The van der Waals surface area contributed by atoms with E-state index >= 15 is 0 Å². The molecule has 2 aromatic heterocycles. The van der Waals surface area contributed by atoms with Gasteiger partial charge in [0.05, 0.1) is 17.3 Å². The number of hydrogen-bond donors (Lipinski definition) is 2. The fourth-order valence-corrected chi connectivity index (χ4v) is 7.26. The molecule has 4 fully saturated rings. The van der Waals surface area contributed by atoms with Gasteiger partial charge >= 0.3 is 6.18 Å². The quantitative estimate of drug-likeness (QED) is 0.334. The van der Waals surface area contributed by atoms with Crippen LogP contribution in [0.1, 0.15) is 64.7 Å². The number of alkyl halides is 3. The number of nitrogens with zero attached hydrogens (tertiary/aromatic N) is 5. The van der Waals surface area contributed by atoms with Gasteiger partial charge < -0.3 is 25.3 Å². The summed E-state index contributed by atoms with van der Waals surface area (Å²) in [5.41, 5.74) is 2.26. The highest BCUT2D eigenvalue weighted by Crippen LogP contribution is 2.38. The molecule has 4 bridgehead atoms. The molecule has 3 saturated heterocycles. The van der Waals surface area contributed by atoms with Crippen molar-refractivity contribution in [3.8, 4) is 0 Å². The Bertz CT molecular complexity index is 1220. The van der Waals surface area contributed by atoms with Gasteiger partial charge in [-0.25, -0.2) is 9.97 Å². The zero-order chi connectivity index (χ0) is 29.3. The molecule has 0 radical (unpaired) electrons. The van der Waals surface area contributed by atoms with E-state index in [1.807, 2.05) is 24.3 Å². The third-order valence-electron chi connectivity index (χ3n) is 9.54. The molecule has 1 aliphatic carbocycles. The van der Waals surface area contributed by atoms with Gasteiger partial charge in [-0.15, -0.1) is 0 Å². The highest BCUT2D eigenvalue weighted by atomic mass is 35.5. The van der Waals surface area contributed by atoms with Crippen molar-refractivity contribution in [2.75, 3.05) is 64.6 Å². The minimum atomic E-state index is -4.12. The third-order valence-corrected chi connectivity index (χ3v) is 9.75. The molecular weight excluding hydrogens is 563 g/mol. The fraction of sp³-hybridized carbons (Fsp3) is 0.677. The summed E-state index contributed by atoms with van der Waals surface area (Å²) in [5.74, 6) is 2.21. The number of pyridine rings is 2. The molecule has 0 spiro atoms. The van der Waals surface area contributed by atoms with Crippen molar-refractivity contribution in [1.29, 1.82) is 0 Å². The van der Waals surface area contributed by atoms with Crippen LogP contribution < -0.4 is 25.3 Å². The summed E-state index contributed by atoms with van der Waals surface area (Å²) in [4.78, 5) is 15.3. The molecule has 8 rings (SSSR count). The van der Waals surface area contributed by atoms with Gasteiger partial charge in [0.1, 0.15) is 11.0 Å². The van der Waals surface area contributed by atoms with Crippen molar-refractivity contribution in [2.45, 2.75) is 83.0 Å². The first-order valence-corrected chi connectivity index (χ1v) is 16.1. The molecule has 42 heavy (non-hydrogen) atoms. The summed E-state index contributed by atoms with van der Waals surface area (Å²) in [6.45, 7) is 7.27. The van der Waals surface area contributed by atoms with Crippen LogP contribution in [0.25, 0.3) is 0 Å². The van der Waals surface area contributed by atoms with Gasteiger partial charge in [0, 0.05) is 51.4 Å². The van der Waals surface area contributed by atoms with Crippen LogP contribution >= 0.6 is 11.6 Å². The van der Waals surface area contributed by atoms with Crippen LogP contribution in [-0.2, 0) is 0 Å². The predicted octanol–water partition coefficient (Wildman–Crippen LogP) is 7.19. The van der Waals surface area contributed by atoms with Gasteiger partial charge in [0.15, 0.2) is 11.6 Å². The lowest BCUT2D eigenvalue weighted by molar-refractivity contribution is -0.176. The van der Waals surface area contributed by atoms with Crippen molar-refractivity contribution in [3.05, 3.63) is 29.4 Å². The average Bonchev–Trinajstić information content (AvgIpc) is 3.56. The Morgan fingerprint density at radius 3 is 1.93 bits per heavy atom. The third kappa shape index (κ3) is 6.79. The molecule has 7 heterocycles. The Kier molecular flexibility index (Phi) is 8.80. The van der Waals surface area contributed by atoms with Crippen LogP contribution in [0.3, 0.4) is 0 Å². The lowest BCUT2D eigenvalue weighted by Crippen LogP contribution is -2.42. The number of anilines is 5. The van der Waals surface area contributed by atoms with E-state index < -0.39 is 12.1 Å². The molecule has 7 nitrogen and oxygen atoms in total. The van der Waals surface area contributed by atoms with E-state index in [9.17, 15) is 13.2 Å². The molecule has 230 valence electrons. The van der Waals surface area contributed by atoms with E-state index in [0.29, 0.717) is 36.0 Å². The number of hydrogen-bond acceptors (Lipinski definition) is 7. The number of piperidine rings is 1. The Balaban J connectivity index is 0.000000132. The van der Waals surface area contributed by atoms with E-state index in [2.05, 4.69) is 37.3 Å². The van der Waals surface area contributed by atoms with E-state index in [-0.39, 0.29) is 13.0 Å². The van der Waals surface area contributed by atoms with Gasteiger partial charge in [-0.1, -0.05) is 50.6 Å². The number of fused-ring (bicyclic) bond motifs is 8. The molecule has 0 aromatic carbocycles. The normalized spacial score (nSPS) is 26.1. The van der Waals surface area contributed by atoms with Gasteiger partial charge in [0.25, 0.3) is 0 Å². The maximum atomic E-state index is 12.9. The maximum absolute atomic E-state index is 12.9. The van der Waals surface area contributed by atoms with Gasteiger partial charge in [0.2, 0.25) is 0 Å². The second-order valence-electron chi connectivity index (χ2n) is 12.8. The van der Waals surface area contributed by atoms with Crippen LogP contribution in [0.2, 0.25) is 5.15 Å². The molecule has 5 aliphatic heterocycles. The first-order valence-electron chi connectivity index (χ1n) is 15.7. The molecule has 2 N–H and O–H groups in total. The molecule has 1 unspecified atom stereocenters. The molecular formula is C31H43ClF3N7. The van der Waals surface area contributed by atoms with Crippen LogP contribution in [-0.4, -0.2) is 67.5 Å². The molecule has 1 saturated carbocycles. The fourth-order valence-electron chi connectivity index (χ4n) is 7.11. The van der Waals surface area contributed by atoms with Crippen molar-refractivity contribution in [3.63, 3.8) is 0 Å². The number of halogens is 4. The minimum Gasteiger partial charge on any atom is -0.366 e. The van der Waals surface area contributed by atoms with Crippen molar-refractivity contribution in [2.24, 2.45) is 11.8 Å². The first kappa shape index (κ1) is 29.5. The summed E-state index contributed by atoms with van der Waals surface area (Å²) >= 11 is 5.82. The average molecular weight is 606 g/mol. The maximum Gasteiger partial charge on any atom is 0.393 e. The largest absolute Gasteiger partial charge is 0.393 e. The summed E-state index contributed by atoms with van der Waals surface area (Å²) in [5, 5.41) is 7.36. The summed E-state index contributed by atoms with van der Waals surface area (Å²) in [6, 6.07) is 8.72. The van der Waals surface area contributed by atoms with Gasteiger partial charge in [-0.05, 0) is 55.9 Å². The second kappa shape index (κ2) is 12.5. The monoisotopic (exact) mass is 605 g/mol. The SMILES string of the molecule is CC1CCCCC1.Clc1ccc2c(n1)N[C@H]1CCN2C1.FC(F)(F)C1CCCN(c2ccc3c(n2)N[C@H]2CCN3C2)C1. The molecule has 0 amide bonds. The van der Waals surface area contributed by atoms with Crippen LogP contribution in [0.5, 0.6) is 0 Å². The van der Waals surface area contributed by atoms with Crippen LogP contribution in [0.4, 0.5) is 42.0 Å². The van der Waals surface area contributed by atoms with E-state index in [1.165, 1.54) is 44.2 Å². The van der Waals surface area contributed by atoms with E-state index in [0.717, 1.165) is 55.8 Å². The Hall–Kier alpha value is -2.62. The van der Waals surface area contributed by atoms with Crippen molar-refractivity contribution in [1.82, 2.24) is 9.97 Å². The molecule has 2 aromatic rings. The van der Waals surface area contributed by atoms with Crippen molar-refractivity contribution < 1.29 is 13.2 Å². The lowest BCUT2D eigenvalue weighted by Gasteiger charge is -2.35. The zero-order valence-corrected chi connectivity index (χ0v) is 25.2. The van der Waals surface area contributed by atoms with Gasteiger partial charge in [-0.2, -0.15) is 13.2 Å². The van der Waals surface area contributed by atoms with Crippen LogP contribution in [0.15, 0.2) is 24.3 Å². The minimum absolute atomic E-state index is 0.0163. The zero-order valence-electron chi connectivity index (χ0n) is 24.5. The van der Waals surface area contributed by atoms with Gasteiger partial charge in [-0.3, -0.25) is 0 Å². The highest BCUT2D eigenvalue weighted by molar-refractivity contribution is 6.29. The summed E-state index contributed by atoms with van der Waals surface area (Å²) in [7, 11) is 0. The second-order valence-corrected chi connectivity index (χ2v) is 13.1. The highest BCUT2D eigenvalue weighted by Gasteiger charge is 2.42. The molecule has 11 heteroatoms. The first-order chi connectivity index (χ1) is 20.2. The van der Waals surface area contributed by atoms with Crippen molar-refractivity contribution >= 4 is 40.4 Å².